The number of hydrogen-bond acceptors (Lipinski definition) is 1. The largest absolute Gasteiger partial charge is 0.306 e. The molecule has 1 saturated heterocycles. The zero-order chi connectivity index (χ0) is 11.1. The van der Waals surface area contributed by atoms with Crippen molar-refractivity contribution in [3.63, 3.8) is 0 Å². The van der Waals surface area contributed by atoms with Crippen LogP contribution in [0, 0.1) is 5.92 Å². The van der Waals surface area contributed by atoms with Gasteiger partial charge in [0.05, 0.1) is 0 Å². The second-order valence-electron chi connectivity index (χ2n) is 5.22. The summed E-state index contributed by atoms with van der Waals surface area (Å²) in [5.41, 5.74) is 3.11. The molecule has 1 aromatic rings. The summed E-state index contributed by atoms with van der Waals surface area (Å²) in [5, 5.41) is 3.77. The molecule has 4 atom stereocenters. The van der Waals surface area contributed by atoms with Crippen molar-refractivity contribution in [1.82, 2.24) is 5.32 Å². The van der Waals surface area contributed by atoms with Crippen molar-refractivity contribution in [3.05, 3.63) is 48.0 Å². The first-order valence-electron chi connectivity index (χ1n) is 6.27. The smallest absolute Gasteiger partial charge is 0.0328 e. The predicted molar refractivity (Wildman–Crippen MR) is 67.4 cm³/mol. The summed E-state index contributed by atoms with van der Waals surface area (Å²) in [4.78, 5) is 0. The highest BCUT2D eigenvalue weighted by atomic mass is 15.0. The van der Waals surface area contributed by atoms with E-state index in [0.29, 0.717) is 18.0 Å². The minimum Gasteiger partial charge on any atom is -0.306 e. The third-order valence-corrected chi connectivity index (χ3v) is 4.22. The third-order valence-electron chi connectivity index (χ3n) is 4.22. The fourth-order valence-electron chi connectivity index (χ4n) is 3.61. The lowest BCUT2D eigenvalue weighted by Gasteiger charge is -2.48. The Morgan fingerprint density at radius 3 is 2.88 bits per heavy atom. The third kappa shape index (κ3) is 1.35. The van der Waals surface area contributed by atoms with Gasteiger partial charge in [-0.1, -0.05) is 37.3 Å². The molecule has 1 N–H and O–H groups in total. The molecule has 1 aromatic carbocycles. The van der Waals surface area contributed by atoms with E-state index in [9.17, 15) is 0 Å². The highest BCUT2D eigenvalue weighted by Crippen LogP contribution is 2.48. The van der Waals surface area contributed by atoms with Crippen molar-refractivity contribution >= 4 is 0 Å². The molecule has 0 unspecified atom stereocenters. The molecule has 0 spiro atoms. The van der Waals surface area contributed by atoms with Crippen molar-refractivity contribution in [3.8, 4) is 0 Å². The van der Waals surface area contributed by atoms with E-state index in [0.717, 1.165) is 12.3 Å². The van der Waals surface area contributed by atoms with Crippen LogP contribution in [0.15, 0.2) is 36.9 Å². The molecule has 2 bridgehead atoms. The molecule has 2 heterocycles. The Labute approximate surface area is 97.6 Å². The van der Waals surface area contributed by atoms with Crippen LogP contribution >= 0.6 is 0 Å². The minimum absolute atomic E-state index is 0.571. The van der Waals surface area contributed by atoms with Crippen molar-refractivity contribution in [2.75, 3.05) is 0 Å². The maximum atomic E-state index is 3.88. The number of nitrogens with one attached hydrogen (secondary N) is 1. The lowest BCUT2D eigenvalue weighted by Crippen LogP contribution is -2.50. The van der Waals surface area contributed by atoms with Crippen LogP contribution in [0.2, 0.25) is 0 Å². The Hall–Kier alpha value is -1.08. The van der Waals surface area contributed by atoms with E-state index in [1.807, 2.05) is 6.08 Å². The van der Waals surface area contributed by atoms with Gasteiger partial charge in [-0.05, 0) is 29.9 Å². The zero-order valence-electron chi connectivity index (χ0n) is 9.82. The topological polar surface area (TPSA) is 12.0 Å². The lowest BCUT2D eigenvalue weighted by atomic mass is 9.66. The fraction of sp³-hybridized carbons (Fsp3) is 0.467. The monoisotopic (exact) mass is 213 g/mol. The van der Waals surface area contributed by atoms with Gasteiger partial charge in [-0.15, -0.1) is 6.58 Å². The van der Waals surface area contributed by atoms with Gasteiger partial charge >= 0.3 is 0 Å². The Morgan fingerprint density at radius 1 is 1.38 bits per heavy atom. The van der Waals surface area contributed by atoms with Gasteiger partial charge in [0.15, 0.2) is 0 Å². The van der Waals surface area contributed by atoms with Gasteiger partial charge in [0.1, 0.15) is 0 Å². The number of hydrogen-bond donors (Lipinski definition) is 1. The summed E-state index contributed by atoms with van der Waals surface area (Å²) in [5.74, 6) is 1.48. The second kappa shape index (κ2) is 3.74. The van der Waals surface area contributed by atoms with Gasteiger partial charge in [-0.3, -0.25) is 0 Å². The van der Waals surface area contributed by atoms with Crippen LogP contribution in [0.25, 0.3) is 0 Å². The number of rotatable bonds is 2. The van der Waals surface area contributed by atoms with Crippen LogP contribution in [0.1, 0.15) is 42.9 Å². The van der Waals surface area contributed by atoms with E-state index >= 15 is 0 Å². The Kier molecular flexibility index (Phi) is 2.36. The van der Waals surface area contributed by atoms with E-state index < -0.39 is 0 Å². The summed E-state index contributed by atoms with van der Waals surface area (Å²) in [6.45, 7) is 6.27. The molecular formula is C15H19N. The van der Waals surface area contributed by atoms with Crippen LogP contribution in [0.5, 0.6) is 0 Å². The van der Waals surface area contributed by atoms with Crippen molar-refractivity contribution in [2.45, 2.75) is 37.8 Å². The Balaban J connectivity index is 2.05. The quantitative estimate of drug-likeness (QED) is 0.742. The number of fused-ring (bicyclic) bond motifs is 2. The van der Waals surface area contributed by atoms with Crippen molar-refractivity contribution in [2.24, 2.45) is 5.92 Å². The average Bonchev–Trinajstić information content (AvgIpc) is 2.29. The van der Waals surface area contributed by atoms with Gasteiger partial charge in [0.25, 0.3) is 0 Å². The van der Waals surface area contributed by atoms with E-state index in [4.69, 9.17) is 0 Å². The van der Waals surface area contributed by atoms with Crippen LogP contribution in [0.4, 0.5) is 0 Å². The molecule has 0 amide bonds. The Morgan fingerprint density at radius 2 is 2.12 bits per heavy atom. The maximum absolute atomic E-state index is 3.88. The number of piperidine rings is 1. The molecule has 1 nitrogen and oxygen atoms in total. The first-order chi connectivity index (χ1) is 7.81. The summed E-state index contributed by atoms with van der Waals surface area (Å²) < 4.78 is 0. The molecule has 84 valence electrons. The SMILES string of the molecule is C=CC[C@@H]1N[C@H]2C[C@H](C)[C@@H]1c1ccccc12. The van der Waals surface area contributed by atoms with E-state index in [1.165, 1.54) is 12.0 Å². The summed E-state index contributed by atoms with van der Waals surface area (Å²) in [7, 11) is 0. The standard InChI is InChI=1S/C15H19N/c1-3-6-13-15-10(2)9-14(16-13)11-7-4-5-8-12(11)15/h3-5,7-8,10,13-16H,1,6,9H2,2H3/t10-,13-,14-,15+/m0/s1. The lowest BCUT2D eigenvalue weighted by molar-refractivity contribution is 0.191. The highest BCUT2D eigenvalue weighted by Gasteiger charge is 2.42. The zero-order valence-corrected chi connectivity index (χ0v) is 9.82. The molecule has 0 saturated carbocycles. The normalized spacial score (nSPS) is 35.8. The van der Waals surface area contributed by atoms with E-state index in [1.54, 1.807) is 5.56 Å². The minimum atomic E-state index is 0.571. The molecule has 3 aliphatic rings. The van der Waals surface area contributed by atoms with Gasteiger partial charge in [0, 0.05) is 18.0 Å². The van der Waals surface area contributed by atoms with Gasteiger partial charge in [-0.25, -0.2) is 0 Å². The second-order valence-corrected chi connectivity index (χ2v) is 5.22. The molecule has 1 aliphatic carbocycles. The van der Waals surface area contributed by atoms with Crippen molar-refractivity contribution in [1.29, 1.82) is 0 Å². The first kappa shape index (κ1) is 10.1. The van der Waals surface area contributed by atoms with Crippen LogP contribution in [-0.2, 0) is 0 Å². The maximum Gasteiger partial charge on any atom is 0.0328 e. The van der Waals surface area contributed by atoms with Crippen molar-refractivity contribution < 1.29 is 0 Å². The summed E-state index contributed by atoms with van der Waals surface area (Å²) in [6.07, 6.45) is 4.42. The van der Waals surface area contributed by atoms with Crippen LogP contribution in [-0.4, -0.2) is 6.04 Å². The van der Waals surface area contributed by atoms with Gasteiger partial charge in [0.2, 0.25) is 0 Å². The first-order valence-corrected chi connectivity index (χ1v) is 6.27. The van der Waals surface area contributed by atoms with Crippen LogP contribution in [0.3, 0.4) is 0 Å². The fourth-order valence-corrected chi connectivity index (χ4v) is 3.61. The van der Waals surface area contributed by atoms with Gasteiger partial charge in [-0.2, -0.15) is 0 Å². The average molecular weight is 213 g/mol. The molecule has 2 aliphatic heterocycles. The summed E-state index contributed by atoms with van der Waals surface area (Å²) >= 11 is 0. The summed E-state index contributed by atoms with van der Waals surface area (Å²) in [6, 6.07) is 10.1. The molecule has 0 aromatic heterocycles. The molecule has 1 heteroatoms. The molecule has 0 radical (unpaired) electrons. The molecule has 4 rings (SSSR count). The predicted octanol–water partition coefficient (Wildman–Crippen LogP) is 3.40. The number of benzene rings is 1. The molecular weight excluding hydrogens is 194 g/mol. The van der Waals surface area contributed by atoms with E-state index in [-0.39, 0.29) is 0 Å². The van der Waals surface area contributed by atoms with E-state index in [2.05, 4.69) is 43.1 Å². The molecule has 1 fully saturated rings. The van der Waals surface area contributed by atoms with Gasteiger partial charge < -0.3 is 5.32 Å². The van der Waals surface area contributed by atoms with Crippen LogP contribution < -0.4 is 5.32 Å². The highest BCUT2D eigenvalue weighted by molar-refractivity contribution is 5.40. The molecule has 16 heavy (non-hydrogen) atoms. The Bertz CT molecular complexity index is 410.